The Balaban J connectivity index is 1.63. The Hall–Kier alpha value is -2.88. The zero-order valence-corrected chi connectivity index (χ0v) is 14.7. The van der Waals surface area contributed by atoms with Crippen LogP contribution in [-0.2, 0) is 12.8 Å². The van der Waals surface area contributed by atoms with E-state index in [9.17, 15) is 0 Å². The Morgan fingerprint density at radius 1 is 1.04 bits per heavy atom. The third kappa shape index (κ3) is 3.20. The first-order valence-electron chi connectivity index (χ1n) is 8.80. The number of benzene rings is 2. The number of hydrogen-bond donors (Lipinski definition) is 1. The fraction of sp³-hybridized carbons (Fsp3) is 0.238. The van der Waals surface area contributed by atoms with Gasteiger partial charge in [0.1, 0.15) is 5.82 Å². The molecule has 4 heteroatoms. The van der Waals surface area contributed by atoms with Gasteiger partial charge in [-0.2, -0.15) is 4.98 Å². The summed E-state index contributed by atoms with van der Waals surface area (Å²) in [5, 5.41) is 3.41. The average molecular weight is 330 g/mol. The maximum absolute atomic E-state index is 4.76. The van der Waals surface area contributed by atoms with Gasteiger partial charge in [-0.15, -0.1) is 0 Å². The van der Waals surface area contributed by atoms with Gasteiger partial charge in [-0.1, -0.05) is 37.3 Å². The summed E-state index contributed by atoms with van der Waals surface area (Å²) in [4.78, 5) is 11.6. The second kappa shape index (κ2) is 6.55. The molecule has 0 spiro atoms. The topological polar surface area (TPSA) is 41.1 Å². The summed E-state index contributed by atoms with van der Waals surface area (Å²) >= 11 is 0. The predicted molar refractivity (Wildman–Crippen MR) is 103 cm³/mol. The molecule has 126 valence electrons. The van der Waals surface area contributed by atoms with Gasteiger partial charge in [0.2, 0.25) is 5.95 Å². The van der Waals surface area contributed by atoms with Crippen molar-refractivity contribution in [2.45, 2.75) is 26.7 Å². The van der Waals surface area contributed by atoms with Crippen molar-refractivity contribution in [1.29, 1.82) is 0 Å². The summed E-state index contributed by atoms with van der Waals surface area (Å²) in [7, 11) is 0. The molecule has 25 heavy (non-hydrogen) atoms. The standard InChI is InChI=1S/C21H22N4/c1-3-16-8-10-18(11-9-16)23-20-14-15(2)22-21(24-20)25-13-12-17-6-4-5-7-19(17)25/h4-11,14H,3,12-13H2,1-2H3,(H,22,23,24). The van der Waals surface area contributed by atoms with Gasteiger partial charge in [-0.05, 0) is 49.1 Å². The highest BCUT2D eigenvalue weighted by Gasteiger charge is 2.22. The lowest BCUT2D eigenvalue weighted by Gasteiger charge is -2.18. The van der Waals surface area contributed by atoms with Gasteiger partial charge in [-0.25, -0.2) is 4.98 Å². The highest BCUT2D eigenvalue weighted by molar-refractivity contribution is 5.67. The number of aromatic nitrogens is 2. The highest BCUT2D eigenvalue weighted by atomic mass is 15.3. The minimum atomic E-state index is 0.762. The van der Waals surface area contributed by atoms with E-state index >= 15 is 0 Å². The predicted octanol–water partition coefficient (Wildman–Crippen LogP) is 4.79. The maximum Gasteiger partial charge on any atom is 0.232 e. The molecule has 4 nitrogen and oxygen atoms in total. The van der Waals surface area contributed by atoms with Gasteiger partial charge in [-0.3, -0.25) is 0 Å². The summed E-state index contributed by atoms with van der Waals surface area (Å²) in [6, 6.07) is 19.0. The van der Waals surface area contributed by atoms with Crippen LogP contribution in [0.3, 0.4) is 0 Å². The summed E-state index contributed by atoms with van der Waals surface area (Å²) in [6.07, 6.45) is 2.08. The molecule has 0 amide bonds. The number of anilines is 4. The number of nitrogens with one attached hydrogen (secondary N) is 1. The van der Waals surface area contributed by atoms with E-state index in [0.717, 1.165) is 42.5 Å². The number of rotatable bonds is 4. The molecule has 3 aromatic rings. The molecule has 2 heterocycles. The van der Waals surface area contributed by atoms with Gasteiger partial charge in [0.05, 0.1) is 0 Å². The molecule has 0 unspecified atom stereocenters. The number of fused-ring (bicyclic) bond motifs is 1. The van der Waals surface area contributed by atoms with Crippen LogP contribution in [0.5, 0.6) is 0 Å². The molecule has 0 atom stereocenters. The van der Waals surface area contributed by atoms with Gasteiger partial charge in [0.15, 0.2) is 0 Å². The molecule has 1 N–H and O–H groups in total. The third-order valence-corrected chi connectivity index (χ3v) is 4.61. The highest BCUT2D eigenvalue weighted by Crippen LogP contribution is 2.33. The Kier molecular flexibility index (Phi) is 4.10. The number of aryl methyl sites for hydroxylation is 2. The Morgan fingerprint density at radius 2 is 1.84 bits per heavy atom. The molecule has 0 radical (unpaired) electrons. The molecule has 0 aliphatic carbocycles. The fourth-order valence-electron chi connectivity index (χ4n) is 3.26. The van der Waals surface area contributed by atoms with E-state index in [1.807, 2.05) is 13.0 Å². The minimum Gasteiger partial charge on any atom is -0.340 e. The lowest BCUT2D eigenvalue weighted by molar-refractivity contribution is 0.931. The quantitative estimate of drug-likeness (QED) is 0.747. The molecular weight excluding hydrogens is 308 g/mol. The molecule has 1 aromatic heterocycles. The summed E-state index contributed by atoms with van der Waals surface area (Å²) < 4.78 is 0. The Labute approximate surface area is 148 Å². The normalized spacial score (nSPS) is 13.0. The Bertz CT molecular complexity index is 887. The molecule has 2 aromatic carbocycles. The SMILES string of the molecule is CCc1ccc(Nc2cc(C)nc(N3CCc4ccccc43)n2)cc1. The van der Waals surface area contributed by atoms with Gasteiger partial charge < -0.3 is 10.2 Å². The first-order valence-corrected chi connectivity index (χ1v) is 8.80. The van der Waals surface area contributed by atoms with Crippen LogP contribution in [0, 0.1) is 6.92 Å². The third-order valence-electron chi connectivity index (χ3n) is 4.61. The summed E-state index contributed by atoms with van der Waals surface area (Å²) in [6.45, 7) is 5.10. The molecule has 4 rings (SSSR count). The van der Waals surface area contributed by atoms with Crippen LogP contribution in [-0.4, -0.2) is 16.5 Å². The van der Waals surface area contributed by atoms with Crippen molar-refractivity contribution in [1.82, 2.24) is 9.97 Å². The van der Waals surface area contributed by atoms with E-state index in [1.54, 1.807) is 0 Å². The number of hydrogen-bond acceptors (Lipinski definition) is 4. The van der Waals surface area contributed by atoms with Crippen LogP contribution < -0.4 is 10.2 Å². The summed E-state index contributed by atoms with van der Waals surface area (Å²) in [5.74, 6) is 1.59. The maximum atomic E-state index is 4.76. The lowest BCUT2D eigenvalue weighted by atomic mass is 10.1. The van der Waals surface area contributed by atoms with Crippen LogP contribution in [0.25, 0.3) is 0 Å². The van der Waals surface area contributed by atoms with E-state index in [1.165, 1.54) is 16.8 Å². The van der Waals surface area contributed by atoms with Crippen LogP contribution in [0.2, 0.25) is 0 Å². The minimum absolute atomic E-state index is 0.762. The largest absolute Gasteiger partial charge is 0.340 e. The van der Waals surface area contributed by atoms with Crippen molar-refractivity contribution < 1.29 is 0 Å². The lowest BCUT2D eigenvalue weighted by Crippen LogP contribution is -2.17. The van der Waals surface area contributed by atoms with Crippen molar-refractivity contribution in [2.24, 2.45) is 0 Å². The van der Waals surface area contributed by atoms with Crippen molar-refractivity contribution in [3.05, 3.63) is 71.4 Å². The van der Waals surface area contributed by atoms with Crippen LogP contribution >= 0.6 is 0 Å². The van der Waals surface area contributed by atoms with Crippen molar-refractivity contribution in [3.8, 4) is 0 Å². The first kappa shape index (κ1) is 15.6. The molecule has 0 saturated heterocycles. The van der Waals surface area contributed by atoms with Crippen LogP contribution in [0.15, 0.2) is 54.6 Å². The van der Waals surface area contributed by atoms with Crippen molar-refractivity contribution in [2.75, 3.05) is 16.8 Å². The van der Waals surface area contributed by atoms with Gasteiger partial charge in [0.25, 0.3) is 0 Å². The van der Waals surface area contributed by atoms with Gasteiger partial charge in [0, 0.05) is 29.7 Å². The van der Waals surface area contributed by atoms with Crippen LogP contribution in [0.4, 0.5) is 23.1 Å². The molecule has 0 bridgehead atoms. The molecule has 1 aliphatic rings. The zero-order chi connectivity index (χ0) is 17.2. The van der Waals surface area contributed by atoms with E-state index in [0.29, 0.717) is 0 Å². The van der Waals surface area contributed by atoms with E-state index in [4.69, 9.17) is 4.98 Å². The number of nitrogens with zero attached hydrogens (tertiary/aromatic N) is 3. The average Bonchev–Trinajstić information content (AvgIpc) is 3.06. The van der Waals surface area contributed by atoms with Gasteiger partial charge >= 0.3 is 0 Å². The smallest absolute Gasteiger partial charge is 0.232 e. The van der Waals surface area contributed by atoms with Crippen molar-refractivity contribution >= 4 is 23.1 Å². The molecule has 0 fully saturated rings. The first-order chi connectivity index (χ1) is 12.2. The zero-order valence-electron chi connectivity index (χ0n) is 14.7. The van der Waals surface area contributed by atoms with Crippen molar-refractivity contribution in [3.63, 3.8) is 0 Å². The fourth-order valence-corrected chi connectivity index (χ4v) is 3.26. The van der Waals surface area contributed by atoms with E-state index in [-0.39, 0.29) is 0 Å². The Morgan fingerprint density at radius 3 is 2.64 bits per heavy atom. The summed E-state index contributed by atoms with van der Waals surface area (Å²) in [5.41, 5.74) is 5.91. The monoisotopic (exact) mass is 330 g/mol. The number of para-hydroxylation sites is 1. The van der Waals surface area contributed by atoms with E-state index in [2.05, 4.69) is 70.7 Å². The van der Waals surface area contributed by atoms with Crippen LogP contribution in [0.1, 0.15) is 23.7 Å². The second-order valence-electron chi connectivity index (χ2n) is 6.40. The molecule has 1 aliphatic heterocycles. The molecule has 0 saturated carbocycles. The van der Waals surface area contributed by atoms with E-state index < -0.39 is 0 Å². The second-order valence-corrected chi connectivity index (χ2v) is 6.40. The molecular formula is C21H22N4.